The summed E-state index contributed by atoms with van der Waals surface area (Å²) in [7, 11) is 0. The van der Waals surface area contributed by atoms with Gasteiger partial charge >= 0.3 is 6.03 Å². The number of urea groups is 1. The van der Waals surface area contributed by atoms with Crippen molar-refractivity contribution in [2.75, 3.05) is 0 Å². The molecule has 2 amide bonds. The number of carbonyl (C=O) groups is 1. The van der Waals surface area contributed by atoms with Crippen LogP contribution in [0.25, 0.3) is 16.6 Å². The summed E-state index contributed by atoms with van der Waals surface area (Å²) in [6, 6.07) is 18.6. The average molecular weight is 415 g/mol. The highest BCUT2D eigenvalue weighted by molar-refractivity contribution is 5.84. The standard InChI is InChI=1S/C24H26N6O/c1-17-11-12-22-19(13-17)14-20(23-26-27-28-30(22)23)16-29(21-9-5-6-10-21)24(31)25-15-18-7-3-2-4-8-18/h2-4,7-8,11-14,21H,5-6,9-10,15-16H2,1H3,(H,25,31). The van der Waals surface area contributed by atoms with Crippen LogP contribution in [0.1, 0.15) is 42.4 Å². The molecule has 0 bridgehead atoms. The fourth-order valence-electron chi connectivity index (χ4n) is 4.54. The van der Waals surface area contributed by atoms with Crippen LogP contribution in [0.5, 0.6) is 0 Å². The van der Waals surface area contributed by atoms with Crippen LogP contribution < -0.4 is 5.32 Å². The van der Waals surface area contributed by atoms with E-state index in [-0.39, 0.29) is 12.1 Å². The maximum atomic E-state index is 13.3. The predicted molar refractivity (Wildman–Crippen MR) is 120 cm³/mol. The number of pyridine rings is 1. The molecule has 1 saturated carbocycles. The van der Waals surface area contributed by atoms with E-state index in [0.29, 0.717) is 18.7 Å². The van der Waals surface area contributed by atoms with Gasteiger partial charge in [0.25, 0.3) is 0 Å². The molecule has 0 atom stereocenters. The third-order valence-corrected chi connectivity index (χ3v) is 6.15. The van der Waals surface area contributed by atoms with Crippen LogP contribution in [0.2, 0.25) is 0 Å². The Bertz CT molecular complexity index is 1210. The van der Waals surface area contributed by atoms with Crippen LogP contribution >= 0.6 is 0 Å². The molecule has 2 heterocycles. The lowest BCUT2D eigenvalue weighted by Crippen LogP contribution is -2.44. The minimum Gasteiger partial charge on any atom is -0.334 e. The fourth-order valence-corrected chi connectivity index (χ4v) is 4.54. The molecule has 0 unspecified atom stereocenters. The van der Waals surface area contributed by atoms with E-state index in [2.05, 4.69) is 46.0 Å². The van der Waals surface area contributed by atoms with Crippen LogP contribution in [0, 0.1) is 6.92 Å². The van der Waals surface area contributed by atoms with Crippen molar-refractivity contribution in [2.24, 2.45) is 0 Å². The second-order valence-electron chi connectivity index (χ2n) is 8.36. The minimum atomic E-state index is -0.0364. The summed E-state index contributed by atoms with van der Waals surface area (Å²) in [6.07, 6.45) is 4.39. The minimum absolute atomic E-state index is 0.0364. The molecule has 7 heteroatoms. The van der Waals surface area contributed by atoms with Crippen LogP contribution in [-0.2, 0) is 13.1 Å². The molecule has 0 aliphatic heterocycles. The molecule has 31 heavy (non-hydrogen) atoms. The molecule has 1 N–H and O–H groups in total. The van der Waals surface area contributed by atoms with Gasteiger partial charge in [0.05, 0.1) is 12.1 Å². The molecule has 0 radical (unpaired) electrons. The van der Waals surface area contributed by atoms with Crippen molar-refractivity contribution in [1.29, 1.82) is 0 Å². The van der Waals surface area contributed by atoms with Crippen molar-refractivity contribution in [3.05, 3.63) is 71.3 Å². The SMILES string of the molecule is Cc1ccc2c(c1)cc(CN(C(=O)NCc1ccccc1)C1CCCC1)c1nnnn12. The van der Waals surface area contributed by atoms with E-state index < -0.39 is 0 Å². The molecule has 0 spiro atoms. The predicted octanol–water partition coefficient (Wildman–Crippen LogP) is 4.24. The number of aryl methyl sites for hydroxylation is 1. The second kappa shape index (κ2) is 8.34. The molecule has 4 aromatic rings. The number of amides is 2. The van der Waals surface area contributed by atoms with Crippen molar-refractivity contribution in [3.63, 3.8) is 0 Å². The Morgan fingerprint density at radius 2 is 1.94 bits per heavy atom. The lowest BCUT2D eigenvalue weighted by molar-refractivity contribution is 0.171. The molecular weight excluding hydrogens is 388 g/mol. The first-order chi connectivity index (χ1) is 15.2. The monoisotopic (exact) mass is 414 g/mol. The summed E-state index contributed by atoms with van der Waals surface area (Å²) >= 11 is 0. The molecule has 0 saturated heterocycles. The summed E-state index contributed by atoms with van der Waals surface area (Å²) in [5, 5.41) is 16.6. The van der Waals surface area contributed by atoms with Crippen LogP contribution in [-0.4, -0.2) is 37.0 Å². The van der Waals surface area contributed by atoms with Crippen LogP contribution in [0.15, 0.2) is 54.6 Å². The Hall–Kier alpha value is -3.48. The van der Waals surface area contributed by atoms with Gasteiger partial charge in [-0.05, 0) is 54.0 Å². The Morgan fingerprint density at radius 3 is 2.74 bits per heavy atom. The molecule has 2 aromatic heterocycles. The molecule has 1 aliphatic carbocycles. The van der Waals surface area contributed by atoms with Gasteiger partial charge in [-0.3, -0.25) is 0 Å². The van der Waals surface area contributed by atoms with Crippen LogP contribution in [0.4, 0.5) is 4.79 Å². The summed E-state index contributed by atoms with van der Waals surface area (Å²) in [4.78, 5) is 15.2. The quantitative estimate of drug-likeness (QED) is 0.530. The molecule has 7 nitrogen and oxygen atoms in total. The smallest absolute Gasteiger partial charge is 0.318 e. The molecule has 1 aliphatic rings. The zero-order chi connectivity index (χ0) is 21.2. The van der Waals surface area contributed by atoms with Crippen molar-refractivity contribution in [2.45, 2.75) is 51.7 Å². The number of benzene rings is 2. The number of hydrogen-bond acceptors (Lipinski definition) is 4. The van der Waals surface area contributed by atoms with Crippen molar-refractivity contribution >= 4 is 22.6 Å². The Balaban J connectivity index is 1.46. The van der Waals surface area contributed by atoms with Crippen molar-refractivity contribution in [3.8, 4) is 0 Å². The van der Waals surface area contributed by atoms with E-state index in [1.165, 1.54) is 5.56 Å². The van der Waals surface area contributed by atoms with Gasteiger partial charge in [0.1, 0.15) is 0 Å². The van der Waals surface area contributed by atoms with Gasteiger partial charge < -0.3 is 10.2 Å². The number of nitrogens with one attached hydrogen (secondary N) is 1. The van der Waals surface area contributed by atoms with Gasteiger partial charge in [-0.2, -0.15) is 4.52 Å². The number of nitrogens with zero attached hydrogens (tertiary/aromatic N) is 5. The highest BCUT2D eigenvalue weighted by atomic mass is 16.2. The topological polar surface area (TPSA) is 75.4 Å². The number of fused-ring (bicyclic) bond motifs is 3. The summed E-state index contributed by atoms with van der Waals surface area (Å²) in [6.45, 7) is 3.07. The molecule has 5 rings (SSSR count). The van der Waals surface area contributed by atoms with Crippen LogP contribution in [0.3, 0.4) is 0 Å². The van der Waals surface area contributed by atoms with E-state index in [1.807, 2.05) is 41.3 Å². The summed E-state index contributed by atoms with van der Waals surface area (Å²) in [5.41, 5.74) is 4.90. The highest BCUT2D eigenvalue weighted by Gasteiger charge is 2.28. The molecule has 158 valence electrons. The first-order valence-electron chi connectivity index (χ1n) is 10.9. The van der Waals surface area contributed by atoms with Gasteiger partial charge in [-0.25, -0.2) is 4.79 Å². The van der Waals surface area contributed by atoms with Gasteiger partial charge in [0.2, 0.25) is 0 Å². The maximum absolute atomic E-state index is 13.3. The zero-order valence-corrected chi connectivity index (χ0v) is 17.7. The lowest BCUT2D eigenvalue weighted by Gasteiger charge is -2.29. The fraction of sp³-hybridized carbons (Fsp3) is 0.333. The number of carbonyl (C=O) groups excluding carboxylic acids is 1. The van der Waals surface area contributed by atoms with Crippen molar-refractivity contribution < 1.29 is 4.79 Å². The number of aromatic nitrogens is 4. The van der Waals surface area contributed by atoms with E-state index in [9.17, 15) is 4.79 Å². The number of hydrogen-bond donors (Lipinski definition) is 1. The van der Waals surface area contributed by atoms with Gasteiger partial charge in [-0.1, -0.05) is 54.8 Å². The zero-order valence-electron chi connectivity index (χ0n) is 17.7. The first-order valence-corrected chi connectivity index (χ1v) is 10.9. The molecule has 2 aromatic carbocycles. The highest BCUT2D eigenvalue weighted by Crippen LogP contribution is 2.27. The largest absolute Gasteiger partial charge is 0.334 e. The van der Waals surface area contributed by atoms with E-state index in [0.717, 1.165) is 47.7 Å². The normalized spacial score (nSPS) is 14.4. The first kappa shape index (κ1) is 19.5. The second-order valence-corrected chi connectivity index (χ2v) is 8.36. The third-order valence-electron chi connectivity index (χ3n) is 6.15. The van der Waals surface area contributed by atoms with E-state index in [4.69, 9.17) is 0 Å². The Morgan fingerprint density at radius 1 is 1.13 bits per heavy atom. The number of rotatable bonds is 5. The van der Waals surface area contributed by atoms with Gasteiger partial charge in [-0.15, -0.1) is 5.10 Å². The van der Waals surface area contributed by atoms with Crippen molar-refractivity contribution in [1.82, 2.24) is 30.3 Å². The average Bonchev–Trinajstić information content (AvgIpc) is 3.49. The van der Waals surface area contributed by atoms with E-state index >= 15 is 0 Å². The lowest BCUT2D eigenvalue weighted by atomic mass is 10.1. The molecule has 1 fully saturated rings. The van der Waals surface area contributed by atoms with Gasteiger partial charge in [0, 0.05) is 23.5 Å². The maximum Gasteiger partial charge on any atom is 0.318 e. The number of tetrazole rings is 1. The molecular formula is C24H26N6O. The van der Waals surface area contributed by atoms with Gasteiger partial charge in [0.15, 0.2) is 5.65 Å². The Kier molecular flexibility index (Phi) is 5.24. The Labute approximate surface area is 181 Å². The van der Waals surface area contributed by atoms with E-state index in [1.54, 1.807) is 4.52 Å². The third kappa shape index (κ3) is 3.95. The summed E-state index contributed by atoms with van der Waals surface area (Å²) in [5.74, 6) is 0. The summed E-state index contributed by atoms with van der Waals surface area (Å²) < 4.78 is 1.78.